The van der Waals surface area contributed by atoms with Crippen molar-refractivity contribution in [3.05, 3.63) is 96.2 Å². The Balaban J connectivity index is 1.61. The lowest BCUT2D eigenvalue weighted by molar-refractivity contribution is 0.169. The van der Waals surface area contributed by atoms with Crippen molar-refractivity contribution in [3.63, 3.8) is 0 Å². The average molecular weight is 467 g/mol. The summed E-state index contributed by atoms with van der Waals surface area (Å²) in [6, 6.07) is 11.7. The Morgan fingerprint density at radius 1 is 0.886 bits per heavy atom. The van der Waals surface area contributed by atoms with E-state index in [-0.39, 0.29) is 10.8 Å². The van der Waals surface area contributed by atoms with Gasteiger partial charge in [-0.25, -0.2) is 0 Å². The third kappa shape index (κ3) is 4.59. The van der Waals surface area contributed by atoms with E-state index < -0.39 is 0 Å². The molecular weight excluding hydrogens is 420 g/mol. The van der Waals surface area contributed by atoms with Gasteiger partial charge in [-0.15, -0.1) is 6.58 Å². The first-order valence-electron chi connectivity index (χ1n) is 14.3. The summed E-state index contributed by atoms with van der Waals surface area (Å²) in [5.74, 6) is 4.01. The molecule has 186 valence electrons. The second kappa shape index (κ2) is 9.76. The van der Waals surface area contributed by atoms with Crippen LogP contribution in [0.1, 0.15) is 78.2 Å². The molecule has 6 unspecified atom stereocenters. The highest BCUT2D eigenvalue weighted by Crippen LogP contribution is 2.59. The van der Waals surface area contributed by atoms with Crippen LogP contribution < -0.4 is 0 Å². The Labute approximate surface area is 215 Å². The molecule has 2 fully saturated rings. The first kappa shape index (κ1) is 24.6. The molecule has 0 saturated heterocycles. The monoisotopic (exact) mass is 466 g/mol. The Morgan fingerprint density at radius 3 is 2.20 bits per heavy atom. The second-order valence-electron chi connectivity index (χ2n) is 13.0. The van der Waals surface area contributed by atoms with Crippen LogP contribution in [0.25, 0.3) is 0 Å². The summed E-state index contributed by atoms with van der Waals surface area (Å²) in [4.78, 5) is 0. The maximum atomic E-state index is 4.16. The summed E-state index contributed by atoms with van der Waals surface area (Å²) in [5, 5.41) is 0. The minimum atomic E-state index is 0.201. The topological polar surface area (TPSA) is 0 Å². The van der Waals surface area contributed by atoms with Gasteiger partial charge in [0.15, 0.2) is 0 Å². The second-order valence-corrected chi connectivity index (χ2v) is 13.0. The lowest BCUT2D eigenvalue weighted by Crippen LogP contribution is -2.38. The Hall–Kier alpha value is -2.08. The van der Waals surface area contributed by atoms with Crippen LogP contribution in [-0.2, 0) is 5.41 Å². The molecule has 1 aromatic carbocycles. The number of allylic oxidation sites excluding steroid dienone is 9. The molecule has 0 amide bonds. The van der Waals surface area contributed by atoms with Crippen molar-refractivity contribution >= 4 is 0 Å². The van der Waals surface area contributed by atoms with Crippen LogP contribution in [0.15, 0.2) is 90.6 Å². The Kier molecular flexibility index (Phi) is 6.86. The predicted octanol–water partition coefficient (Wildman–Crippen LogP) is 9.62. The molecule has 35 heavy (non-hydrogen) atoms. The van der Waals surface area contributed by atoms with E-state index in [9.17, 15) is 0 Å². The molecule has 6 atom stereocenters. The van der Waals surface area contributed by atoms with Gasteiger partial charge in [-0.05, 0) is 96.5 Å². The average Bonchev–Trinajstić information content (AvgIpc) is 3.49. The van der Waals surface area contributed by atoms with Gasteiger partial charge in [-0.3, -0.25) is 0 Å². The van der Waals surface area contributed by atoms with E-state index in [0.29, 0.717) is 29.6 Å². The molecule has 1 aromatic rings. The predicted molar refractivity (Wildman–Crippen MR) is 151 cm³/mol. The van der Waals surface area contributed by atoms with E-state index in [0.717, 1.165) is 12.3 Å². The Morgan fingerprint density at radius 2 is 1.54 bits per heavy atom. The summed E-state index contributed by atoms with van der Waals surface area (Å²) < 4.78 is 0. The highest BCUT2D eigenvalue weighted by Gasteiger charge is 2.52. The summed E-state index contributed by atoms with van der Waals surface area (Å²) in [6.45, 7) is 13.6. The molecule has 0 heteroatoms. The van der Waals surface area contributed by atoms with Crippen LogP contribution >= 0.6 is 0 Å². The lowest BCUT2D eigenvalue weighted by atomic mass is 9.60. The number of hydrogen-bond acceptors (Lipinski definition) is 0. The zero-order valence-corrected chi connectivity index (χ0v) is 22.5. The highest BCUT2D eigenvalue weighted by molar-refractivity contribution is 5.38. The molecule has 4 aliphatic rings. The Bertz CT molecular complexity index is 1020. The molecule has 0 N–H and O–H groups in total. The van der Waals surface area contributed by atoms with Crippen LogP contribution in [0.3, 0.4) is 0 Å². The van der Waals surface area contributed by atoms with Crippen LogP contribution in [0.2, 0.25) is 0 Å². The third-order valence-electron chi connectivity index (χ3n) is 9.97. The van der Waals surface area contributed by atoms with E-state index in [2.05, 4.69) is 107 Å². The van der Waals surface area contributed by atoms with E-state index in [4.69, 9.17) is 0 Å². The van der Waals surface area contributed by atoms with Crippen LogP contribution in [0.4, 0.5) is 0 Å². The molecule has 4 aliphatic carbocycles. The normalized spacial score (nSPS) is 31.9. The van der Waals surface area contributed by atoms with E-state index >= 15 is 0 Å². The molecule has 0 aliphatic heterocycles. The molecule has 0 radical (unpaired) electrons. The molecule has 5 rings (SSSR count). The van der Waals surface area contributed by atoms with Gasteiger partial charge in [0.2, 0.25) is 0 Å². The van der Waals surface area contributed by atoms with Crippen molar-refractivity contribution < 1.29 is 0 Å². The van der Waals surface area contributed by atoms with Crippen LogP contribution in [0.5, 0.6) is 0 Å². The SMILES string of the molecule is C=CCCC(CC1C2C=C(C)C=CC2C2C=CC(C(C)(C)C)=CC21)(c1ccccc1)C1CCCC1. The van der Waals surface area contributed by atoms with Gasteiger partial charge in [-0.1, -0.05) is 112 Å². The van der Waals surface area contributed by atoms with Crippen LogP contribution in [0, 0.1) is 40.9 Å². The number of hydrogen-bond donors (Lipinski definition) is 0. The van der Waals surface area contributed by atoms with Gasteiger partial charge < -0.3 is 0 Å². The van der Waals surface area contributed by atoms with Gasteiger partial charge in [0.25, 0.3) is 0 Å². The maximum absolute atomic E-state index is 4.16. The van der Waals surface area contributed by atoms with Crippen LogP contribution in [-0.4, -0.2) is 0 Å². The largest absolute Gasteiger partial charge is 0.103 e. The fourth-order valence-electron chi connectivity index (χ4n) is 8.19. The molecule has 0 aromatic heterocycles. The van der Waals surface area contributed by atoms with Gasteiger partial charge in [0.05, 0.1) is 0 Å². The van der Waals surface area contributed by atoms with Gasteiger partial charge >= 0.3 is 0 Å². The van der Waals surface area contributed by atoms with Crippen molar-refractivity contribution in [1.82, 2.24) is 0 Å². The van der Waals surface area contributed by atoms with Crippen molar-refractivity contribution in [2.45, 2.75) is 78.1 Å². The quantitative estimate of drug-likeness (QED) is 0.351. The summed E-state index contributed by atoms with van der Waals surface area (Å²) in [7, 11) is 0. The standard InChI is InChI=1S/C35H46/c1-6-7-21-35(27-15-11-12-16-27,26-13-9-8-10-14-26)24-33-31-22-25(2)17-19-29(31)30-20-18-28(23-32(30)33)34(3,4)5/h6,8-10,13-14,17-20,22-23,27,29-33H,1,7,11-12,15-16,21,24H2,2-5H3. The fraction of sp³-hybridized carbons (Fsp3) is 0.543. The zero-order chi connectivity index (χ0) is 24.6. The molecule has 2 saturated carbocycles. The van der Waals surface area contributed by atoms with E-state index in [1.807, 2.05) is 0 Å². The molecular formula is C35H46. The van der Waals surface area contributed by atoms with Crippen molar-refractivity contribution in [3.8, 4) is 0 Å². The third-order valence-corrected chi connectivity index (χ3v) is 9.97. The van der Waals surface area contributed by atoms with Crippen molar-refractivity contribution in [2.24, 2.45) is 40.9 Å². The number of rotatable bonds is 7. The highest BCUT2D eigenvalue weighted by atomic mass is 14.6. The molecule has 0 heterocycles. The van der Waals surface area contributed by atoms with E-state index in [1.54, 1.807) is 5.56 Å². The minimum Gasteiger partial charge on any atom is -0.103 e. The smallest absolute Gasteiger partial charge is 0.00128 e. The lowest BCUT2D eigenvalue weighted by Gasteiger charge is -2.44. The summed E-state index contributed by atoms with van der Waals surface area (Å²) in [6.07, 6.45) is 26.7. The van der Waals surface area contributed by atoms with Gasteiger partial charge in [0, 0.05) is 0 Å². The maximum Gasteiger partial charge on any atom is -0.00128 e. The summed E-state index contributed by atoms with van der Waals surface area (Å²) in [5.41, 5.74) is 5.02. The van der Waals surface area contributed by atoms with Gasteiger partial charge in [-0.2, -0.15) is 0 Å². The van der Waals surface area contributed by atoms with Gasteiger partial charge in [0.1, 0.15) is 0 Å². The molecule has 0 nitrogen and oxygen atoms in total. The van der Waals surface area contributed by atoms with Crippen molar-refractivity contribution in [1.29, 1.82) is 0 Å². The number of benzene rings is 1. The minimum absolute atomic E-state index is 0.201. The molecule has 0 bridgehead atoms. The zero-order valence-electron chi connectivity index (χ0n) is 22.5. The molecule has 0 spiro atoms. The fourth-order valence-corrected chi connectivity index (χ4v) is 8.19. The summed E-state index contributed by atoms with van der Waals surface area (Å²) >= 11 is 0. The number of fused-ring (bicyclic) bond motifs is 3. The van der Waals surface area contributed by atoms with Crippen molar-refractivity contribution in [2.75, 3.05) is 0 Å². The van der Waals surface area contributed by atoms with E-state index in [1.165, 1.54) is 49.7 Å². The first-order chi connectivity index (χ1) is 16.8. The first-order valence-corrected chi connectivity index (χ1v) is 14.3.